The maximum Gasteiger partial charge on any atom is 2.00 e. The number of hydrogen-bond acceptors (Lipinski definition) is 4. The summed E-state index contributed by atoms with van der Waals surface area (Å²) in [7, 11) is 0. The van der Waals surface area contributed by atoms with E-state index in [2.05, 4.69) is 50.3 Å². The van der Waals surface area contributed by atoms with Gasteiger partial charge in [0.05, 0.1) is 11.6 Å². The Morgan fingerprint density at radius 1 is 0.767 bits per heavy atom. The predicted octanol–water partition coefficient (Wildman–Crippen LogP) is 3.90. The van der Waals surface area contributed by atoms with E-state index in [9.17, 15) is 0 Å². The minimum Gasteiger partial charge on any atom is -0.343 e. The summed E-state index contributed by atoms with van der Waals surface area (Å²) in [6.45, 7) is 8.40. The summed E-state index contributed by atoms with van der Waals surface area (Å²) in [4.78, 5) is 9.71. The number of hydrogen-bond donors (Lipinski definition) is 0. The van der Waals surface area contributed by atoms with E-state index in [1.165, 1.54) is 0 Å². The molecule has 4 rings (SSSR count). The molecule has 0 unspecified atom stereocenters. The van der Waals surface area contributed by atoms with Crippen molar-refractivity contribution in [2.45, 2.75) is 46.0 Å². The third-order valence-corrected chi connectivity index (χ3v) is 5.07. The molecule has 0 aromatic carbocycles. The Labute approximate surface area is 191 Å². The summed E-state index contributed by atoms with van der Waals surface area (Å²) in [5.74, 6) is 1.50. The zero-order valence-electron chi connectivity index (χ0n) is 17.5. The number of pyridine rings is 2. The van der Waals surface area contributed by atoms with E-state index in [1.54, 1.807) is 9.36 Å². The van der Waals surface area contributed by atoms with E-state index in [1.807, 2.05) is 48.5 Å². The quantitative estimate of drug-likeness (QED) is 0.326. The van der Waals surface area contributed by atoms with Crippen molar-refractivity contribution in [1.29, 1.82) is 0 Å². The Morgan fingerprint density at radius 2 is 1.20 bits per heavy atom. The van der Waals surface area contributed by atoms with Gasteiger partial charge in [-0.25, -0.2) is 0 Å². The summed E-state index contributed by atoms with van der Waals surface area (Å²) < 4.78 is 3.40. The summed E-state index contributed by atoms with van der Waals surface area (Å²) in [5, 5.41) is 9.05. The molecule has 0 aliphatic rings. The summed E-state index contributed by atoms with van der Waals surface area (Å²) in [6, 6.07) is 15.7. The van der Waals surface area contributed by atoms with Crippen molar-refractivity contribution in [3.8, 4) is 11.6 Å². The fraction of sp³-hybridized carbons (Fsp3) is 0.304. The molecule has 4 heterocycles. The van der Waals surface area contributed by atoms with Crippen LogP contribution in [0.3, 0.4) is 0 Å². The van der Waals surface area contributed by atoms with Gasteiger partial charge in [0, 0.05) is 16.8 Å². The van der Waals surface area contributed by atoms with Gasteiger partial charge in [0.2, 0.25) is 0 Å². The van der Waals surface area contributed by atoms with E-state index in [4.69, 9.17) is 9.97 Å². The fourth-order valence-electron chi connectivity index (χ4n) is 3.13. The van der Waals surface area contributed by atoms with Crippen LogP contribution in [0.1, 0.15) is 50.5 Å². The first kappa shape index (κ1) is 22.1. The maximum atomic E-state index is 4.86. The van der Waals surface area contributed by atoms with Gasteiger partial charge in [-0.2, -0.15) is 0 Å². The largest absolute Gasteiger partial charge is 2.00 e. The molecule has 0 amide bonds. The van der Waals surface area contributed by atoms with Crippen molar-refractivity contribution < 1.29 is 21.1 Å². The first-order valence-electron chi connectivity index (χ1n) is 9.90. The van der Waals surface area contributed by atoms with Crippen LogP contribution >= 0.6 is 0 Å². The SMILES string of the molecule is CCc1c[c-]n(-c2cccc(C(C)(C)c3cccc(-n4[c-]cc(CC)n4)n3)n2)n1.[Pt+2]. The minimum absolute atomic E-state index is 0. The Balaban J connectivity index is 0.00000256. The molecular formula is C23H24N6Pt. The van der Waals surface area contributed by atoms with Gasteiger partial charge in [-0.05, 0) is 37.4 Å². The van der Waals surface area contributed by atoms with Crippen LogP contribution in [0.15, 0.2) is 48.5 Å². The van der Waals surface area contributed by atoms with Gasteiger partial charge in [0.1, 0.15) is 0 Å². The fourth-order valence-corrected chi connectivity index (χ4v) is 3.13. The second kappa shape index (κ2) is 9.05. The van der Waals surface area contributed by atoms with Crippen LogP contribution in [0.5, 0.6) is 0 Å². The number of aromatic nitrogens is 6. The third kappa shape index (κ3) is 4.29. The zero-order chi connectivity index (χ0) is 20.4. The summed E-state index contributed by atoms with van der Waals surface area (Å²) in [6.07, 6.45) is 8.02. The second-order valence-corrected chi connectivity index (χ2v) is 7.45. The van der Waals surface area contributed by atoms with Gasteiger partial charge in [0.15, 0.2) is 0 Å². The van der Waals surface area contributed by atoms with E-state index >= 15 is 0 Å². The van der Waals surface area contributed by atoms with Crippen LogP contribution in [0.4, 0.5) is 0 Å². The van der Waals surface area contributed by atoms with Crippen molar-refractivity contribution in [3.63, 3.8) is 0 Å². The van der Waals surface area contributed by atoms with Crippen LogP contribution in [0.25, 0.3) is 11.6 Å². The molecule has 156 valence electrons. The van der Waals surface area contributed by atoms with Crippen LogP contribution in [-0.2, 0) is 39.3 Å². The number of rotatable bonds is 6. The monoisotopic (exact) mass is 579 g/mol. The summed E-state index contributed by atoms with van der Waals surface area (Å²) >= 11 is 0. The van der Waals surface area contributed by atoms with Crippen molar-refractivity contribution >= 4 is 0 Å². The predicted molar refractivity (Wildman–Crippen MR) is 111 cm³/mol. The van der Waals surface area contributed by atoms with E-state index in [-0.39, 0.29) is 21.1 Å². The molecule has 0 saturated heterocycles. The van der Waals surface area contributed by atoms with Crippen molar-refractivity contribution in [2.75, 3.05) is 0 Å². The topological polar surface area (TPSA) is 61.4 Å². The molecule has 0 aliphatic heterocycles. The van der Waals surface area contributed by atoms with Gasteiger partial charge in [-0.15, -0.1) is 12.1 Å². The smallest absolute Gasteiger partial charge is 0.343 e. The zero-order valence-corrected chi connectivity index (χ0v) is 19.8. The van der Waals surface area contributed by atoms with E-state index in [0.717, 1.165) is 47.3 Å². The molecule has 0 fully saturated rings. The first-order valence-corrected chi connectivity index (χ1v) is 9.90. The summed E-state index contributed by atoms with van der Waals surface area (Å²) in [5.41, 5.74) is 3.43. The average Bonchev–Trinajstić information content (AvgIpc) is 3.43. The van der Waals surface area contributed by atoms with E-state index < -0.39 is 5.41 Å². The van der Waals surface area contributed by atoms with E-state index in [0.29, 0.717) is 0 Å². The maximum absolute atomic E-state index is 4.86. The van der Waals surface area contributed by atoms with Crippen LogP contribution in [-0.4, -0.2) is 29.5 Å². The van der Waals surface area contributed by atoms with Crippen LogP contribution < -0.4 is 0 Å². The standard InChI is InChI=1S/C23H24N6.Pt/c1-5-17-13-15-28(26-17)21-11-7-9-19(24-21)23(3,4)20-10-8-12-22(25-20)29-16-14-18(6-2)27-29;/h7-14H,5-6H2,1-4H3;/q-2;+2. The Kier molecular flexibility index (Phi) is 6.67. The number of nitrogens with zero attached hydrogens (tertiary/aromatic N) is 6. The molecule has 0 bridgehead atoms. The second-order valence-electron chi connectivity index (χ2n) is 7.45. The molecule has 0 aliphatic carbocycles. The molecule has 0 radical (unpaired) electrons. The molecule has 0 N–H and O–H groups in total. The molecule has 0 saturated carbocycles. The van der Waals surface area contributed by atoms with Crippen molar-refractivity contribution in [1.82, 2.24) is 29.5 Å². The molecule has 0 spiro atoms. The van der Waals surface area contributed by atoms with Crippen LogP contribution in [0.2, 0.25) is 0 Å². The van der Waals surface area contributed by atoms with Crippen molar-refractivity contribution in [2.24, 2.45) is 0 Å². The van der Waals surface area contributed by atoms with Gasteiger partial charge in [0.25, 0.3) is 0 Å². The van der Waals surface area contributed by atoms with Gasteiger partial charge in [-0.3, -0.25) is 20.2 Å². The molecule has 4 aromatic rings. The normalized spacial score (nSPS) is 11.3. The van der Waals surface area contributed by atoms with Gasteiger partial charge in [-0.1, -0.05) is 63.3 Å². The third-order valence-electron chi connectivity index (χ3n) is 5.07. The Hall–Kier alpha value is -2.59. The molecular weight excluding hydrogens is 555 g/mol. The first-order chi connectivity index (χ1) is 14.0. The van der Waals surface area contributed by atoms with Crippen LogP contribution in [0, 0.1) is 12.4 Å². The Bertz CT molecular complexity index is 1040. The minimum atomic E-state index is -0.395. The molecule has 30 heavy (non-hydrogen) atoms. The molecule has 4 aromatic heterocycles. The average molecular weight is 580 g/mol. The molecule has 6 nitrogen and oxygen atoms in total. The van der Waals surface area contributed by atoms with Crippen molar-refractivity contribution in [3.05, 3.63) is 83.7 Å². The molecule has 7 heteroatoms. The molecule has 0 atom stereocenters. The van der Waals surface area contributed by atoms with Gasteiger partial charge < -0.3 is 9.36 Å². The van der Waals surface area contributed by atoms with Gasteiger partial charge >= 0.3 is 21.1 Å². The number of aryl methyl sites for hydroxylation is 2. The Morgan fingerprint density at radius 3 is 1.57 bits per heavy atom.